The van der Waals surface area contributed by atoms with E-state index in [9.17, 15) is 8.42 Å². The van der Waals surface area contributed by atoms with Gasteiger partial charge >= 0.3 is 0 Å². The van der Waals surface area contributed by atoms with E-state index in [0.29, 0.717) is 17.2 Å². The van der Waals surface area contributed by atoms with Crippen molar-refractivity contribution in [2.45, 2.75) is 33.0 Å². The van der Waals surface area contributed by atoms with Crippen molar-refractivity contribution >= 4 is 22.1 Å². The van der Waals surface area contributed by atoms with Crippen LogP contribution < -0.4 is 4.90 Å². The van der Waals surface area contributed by atoms with E-state index < -0.39 is 9.84 Å². The summed E-state index contributed by atoms with van der Waals surface area (Å²) in [6.45, 7) is 5.58. The van der Waals surface area contributed by atoms with Gasteiger partial charge in [-0.2, -0.15) is 4.68 Å². The van der Waals surface area contributed by atoms with E-state index in [1.54, 1.807) is 0 Å². The van der Waals surface area contributed by atoms with Crippen LogP contribution in [0.25, 0.3) is 11.4 Å². The van der Waals surface area contributed by atoms with Gasteiger partial charge in [-0.1, -0.05) is 24.3 Å². The topological polar surface area (TPSA) is 61.3 Å². The molecule has 1 fully saturated rings. The van der Waals surface area contributed by atoms with Gasteiger partial charge in [0.25, 0.3) is 0 Å². The fourth-order valence-electron chi connectivity index (χ4n) is 3.49. The van der Waals surface area contributed by atoms with Gasteiger partial charge in [0.1, 0.15) is 11.8 Å². The quantitative estimate of drug-likeness (QED) is 0.785. The largest absolute Gasteiger partial charge is 0.313 e. The molecule has 2 aromatic rings. The Balaban J connectivity index is 1.90. The van der Waals surface area contributed by atoms with Crippen molar-refractivity contribution in [3.8, 4) is 11.4 Å². The fraction of sp³-hybridized carbons (Fsp3) is 0.529. The Labute approximate surface area is 154 Å². The number of aryl methyl sites for hydroxylation is 1. The average molecular weight is 382 g/mol. The van der Waals surface area contributed by atoms with Crippen LogP contribution in [0.4, 0.5) is 0 Å². The summed E-state index contributed by atoms with van der Waals surface area (Å²) in [7, 11) is -0.956. The standard InChI is InChI=1S/C17H24N4O2S2/c1-4-20(14-9-10-25(22,23)11-14)12-21-17(24)19(3)16(18-21)15-8-6-5-7-13(15)2/h5-8,14H,4,9-12H2,1-3H3/p+1/t14-/m0/s1. The molecule has 25 heavy (non-hydrogen) atoms. The van der Waals surface area contributed by atoms with E-state index in [1.165, 1.54) is 4.90 Å². The van der Waals surface area contributed by atoms with E-state index in [1.807, 2.05) is 34.5 Å². The molecule has 0 saturated carbocycles. The van der Waals surface area contributed by atoms with Gasteiger partial charge in [-0.15, -0.1) is 5.10 Å². The molecule has 3 rings (SSSR count). The van der Waals surface area contributed by atoms with Crippen molar-refractivity contribution in [3.63, 3.8) is 0 Å². The maximum Gasteiger partial charge on any atom is 0.202 e. The maximum atomic E-state index is 11.8. The fourth-order valence-corrected chi connectivity index (χ4v) is 5.51. The Morgan fingerprint density at radius 3 is 2.68 bits per heavy atom. The Bertz CT molecular complexity index is 930. The SMILES string of the molecule is CC[NH+](Cn1nc(-c2ccccc2C)n(C)c1=S)[C@H]1CCS(=O)(=O)C1. The van der Waals surface area contributed by atoms with Gasteiger partial charge in [-0.25, -0.2) is 8.42 Å². The van der Waals surface area contributed by atoms with Crippen LogP contribution in [-0.4, -0.2) is 46.9 Å². The zero-order chi connectivity index (χ0) is 18.2. The van der Waals surface area contributed by atoms with E-state index in [2.05, 4.69) is 19.9 Å². The molecule has 1 unspecified atom stereocenters. The number of aromatic nitrogens is 3. The molecule has 1 aliphatic rings. The summed E-state index contributed by atoms with van der Waals surface area (Å²) < 4.78 is 28.0. The van der Waals surface area contributed by atoms with Gasteiger partial charge in [0.05, 0.1) is 12.3 Å². The van der Waals surface area contributed by atoms with E-state index in [-0.39, 0.29) is 11.8 Å². The van der Waals surface area contributed by atoms with Gasteiger partial charge in [0.15, 0.2) is 22.3 Å². The summed E-state index contributed by atoms with van der Waals surface area (Å²) >= 11 is 5.58. The Kier molecular flexibility index (Phi) is 5.13. The third-order valence-corrected chi connectivity index (χ3v) is 7.30. The van der Waals surface area contributed by atoms with Gasteiger partial charge in [0.2, 0.25) is 4.77 Å². The third-order valence-electron chi connectivity index (χ3n) is 5.04. The van der Waals surface area contributed by atoms with E-state index in [4.69, 9.17) is 17.3 Å². The molecule has 6 nitrogen and oxygen atoms in total. The van der Waals surface area contributed by atoms with Crippen LogP contribution in [-0.2, 0) is 23.6 Å². The van der Waals surface area contributed by atoms with Crippen molar-refractivity contribution in [1.82, 2.24) is 14.3 Å². The van der Waals surface area contributed by atoms with Gasteiger partial charge in [-0.05, 0) is 31.6 Å². The first-order chi connectivity index (χ1) is 11.8. The van der Waals surface area contributed by atoms with E-state index in [0.717, 1.165) is 29.9 Å². The van der Waals surface area contributed by atoms with Crippen LogP contribution in [0.5, 0.6) is 0 Å². The lowest BCUT2D eigenvalue weighted by atomic mass is 10.1. The summed E-state index contributed by atoms with van der Waals surface area (Å²) in [5, 5.41) is 4.74. The normalized spacial score (nSPS) is 20.7. The summed E-state index contributed by atoms with van der Waals surface area (Å²) in [6, 6.07) is 8.24. The number of nitrogens with zero attached hydrogens (tertiary/aromatic N) is 3. The predicted molar refractivity (Wildman–Crippen MR) is 101 cm³/mol. The molecule has 2 heterocycles. The number of benzene rings is 1. The molecule has 8 heteroatoms. The predicted octanol–water partition coefficient (Wildman–Crippen LogP) is 0.976. The first kappa shape index (κ1) is 18.3. The first-order valence-corrected chi connectivity index (χ1v) is 10.8. The molecule has 2 atom stereocenters. The highest BCUT2D eigenvalue weighted by molar-refractivity contribution is 7.91. The molecule has 136 valence electrons. The molecular weight excluding hydrogens is 356 g/mol. The van der Waals surface area contributed by atoms with E-state index >= 15 is 0 Å². The molecule has 0 bridgehead atoms. The van der Waals surface area contributed by atoms with Crippen LogP contribution in [0, 0.1) is 11.7 Å². The molecule has 0 amide bonds. The van der Waals surface area contributed by atoms with Crippen LogP contribution >= 0.6 is 12.2 Å². The number of rotatable bonds is 5. The zero-order valence-corrected chi connectivity index (χ0v) is 16.5. The van der Waals surface area contributed by atoms with Crippen LogP contribution in [0.15, 0.2) is 24.3 Å². The van der Waals surface area contributed by atoms with Gasteiger partial charge in [-0.3, -0.25) is 0 Å². The number of quaternary nitrogens is 1. The molecule has 0 aliphatic carbocycles. The van der Waals surface area contributed by atoms with Gasteiger partial charge < -0.3 is 9.47 Å². The zero-order valence-electron chi connectivity index (χ0n) is 14.9. The van der Waals surface area contributed by atoms with Crippen molar-refractivity contribution in [2.75, 3.05) is 18.1 Å². The molecule has 1 aliphatic heterocycles. The van der Waals surface area contributed by atoms with Crippen LogP contribution in [0.3, 0.4) is 0 Å². The molecule has 0 radical (unpaired) electrons. The molecule has 1 aromatic carbocycles. The second kappa shape index (κ2) is 7.01. The highest BCUT2D eigenvalue weighted by Crippen LogP contribution is 2.21. The van der Waals surface area contributed by atoms with Crippen LogP contribution in [0.2, 0.25) is 0 Å². The lowest BCUT2D eigenvalue weighted by Crippen LogP contribution is -3.15. The molecule has 1 saturated heterocycles. The molecule has 1 N–H and O–H groups in total. The second-order valence-corrected chi connectivity index (χ2v) is 9.34. The van der Waals surface area contributed by atoms with Gasteiger partial charge in [0, 0.05) is 19.0 Å². The molecule has 1 aromatic heterocycles. The number of nitrogens with one attached hydrogen (secondary N) is 1. The minimum atomic E-state index is -2.89. The van der Waals surface area contributed by atoms with Crippen molar-refractivity contribution in [1.29, 1.82) is 0 Å². The lowest BCUT2D eigenvalue weighted by molar-refractivity contribution is -0.943. The molecule has 0 spiro atoms. The average Bonchev–Trinajstić information content (AvgIpc) is 3.07. The first-order valence-electron chi connectivity index (χ1n) is 8.57. The summed E-state index contributed by atoms with van der Waals surface area (Å²) in [4.78, 5) is 1.21. The highest BCUT2D eigenvalue weighted by Gasteiger charge is 2.35. The Morgan fingerprint density at radius 2 is 2.08 bits per heavy atom. The smallest absolute Gasteiger partial charge is 0.202 e. The number of sulfone groups is 1. The summed E-state index contributed by atoms with van der Waals surface area (Å²) in [6.07, 6.45) is 0.719. The highest BCUT2D eigenvalue weighted by atomic mass is 32.2. The maximum absolute atomic E-state index is 11.8. The van der Waals surface area contributed by atoms with Crippen molar-refractivity contribution in [2.24, 2.45) is 7.05 Å². The van der Waals surface area contributed by atoms with Crippen LogP contribution in [0.1, 0.15) is 18.9 Å². The minimum Gasteiger partial charge on any atom is -0.313 e. The summed E-state index contributed by atoms with van der Waals surface area (Å²) in [5.74, 6) is 1.40. The molecular formula is C17H25N4O2S2+. The lowest BCUT2D eigenvalue weighted by Gasteiger charge is -2.22. The summed E-state index contributed by atoms with van der Waals surface area (Å²) in [5.41, 5.74) is 2.22. The van der Waals surface area contributed by atoms with Crippen molar-refractivity contribution < 1.29 is 13.3 Å². The Hall–Kier alpha value is -1.51. The second-order valence-electron chi connectivity index (χ2n) is 6.75. The Morgan fingerprint density at radius 1 is 1.36 bits per heavy atom. The third kappa shape index (κ3) is 3.70. The number of hydrogen-bond donors (Lipinski definition) is 1. The number of hydrogen-bond acceptors (Lipinski definition) is 4. The van der Waals surface area contributed by atoms with Crippen molar-refractivity contribution in [3.05, 3.63) is 34.6 Å². The monoisotopic (exact) mass is 381 g/mol. The minimum absolute atomic E-state index is 0.126.